The largest absolute Gasteiger partial charge is 0.289 e. The van der Waals surface area contributed by atoms with E-state index in [1.54, 1.807) is 0 Å². The molecule has 0 amide bonds. The first-order valence-electron chi connectivity index (χ1n) is 6.49. The molecule has 0 aliphatic rings. The van der Waals surface area contributed by atoms with Gasteiger partial charge in [0.2, 0.25) is 0 Å². The Kier molecular flexibility index (Phi) is 4.75. The normalized spacial score (nSPS) is 12.1. The zero-order chi connectivity index (χ0) is 13.7. The van der Waals surface area contributed by atoms with E-state index in [1.807, 2.05) is 61.5 Å². The maximum Gasteiger partial charge on any atom is 0.193 e. The van der Waals surface area contributed by atoms with E-state index >= 15 is 0 Å². The van der Waals surface area contributed by atoms with Crippen LogP contribution in [0, 0.1) is 0 Å². The maximum absolute atomic E-state index is 12.2. The molecule has 0 saturated carbocycles. The van der Waals surface area contributed by atoms with Gasteiger partial charge in [0.1, 0.15) is 0 Å². The van der Waals surface area contributed by atoms with Crippen LogP contribution < -0.4 is 0 Å². The molecule has 19 heavy (non-hydrogen) atoms. The van der Waals surface area contributed by atoms with Crippen LogP contribution in [-0.4, -0.2) is 11.2 Å². The molecule has 1 nitrogen and oxygen atoms in total. The van der Waals surface area contributed by atoms with Crippen LogP contribution in [-0.2, 0) is 6.42 Å². The zero-order valence-corrected chi connectivity index (χ0v) is 11.7. The van der Waals surface area contributed by atoms with Gasteiger partial charge in [-0.25, -0.2) is 0 Å². The van der Waals surface area contributed by atoms with Crippen molar-refractivity contribution < 1.29 is 4.79 Å². The summed E-state index contributed by atoms with van der Waals surface area (Å²) in [5.41, 5.74) is 2.68. The van der Waals surface area contributed by atoms with Crippen molar-refractivity contribution in [2.75, 3.05) is 0 Å². The highest BCUT2D eigenvalue weighted by Gasteiger charge is 2.08. The molecule has 2 heteroatoms. The van der Waals surface area contributed by atoms with Crippen LogP contribution in [0.1, 0.15) is 34.8 Å². The lowest BCUT2D eigenvalue weighted by Crippen LogP contribution is -2.01. The van der Waals surface area contributed by atoms with Crippen LogP contribution in [0.3, 0.4) is 0 Å². The molecule has 0 N–H and O–H groups in total. The number of carbonyl (C=O) groups is 1. The van der Waals surface area contributed by atoms with E-state index in [1.165, 1.54) is 5.56 Å². The lowest BCUT2D eigenvalue weighted by molar-refractivity contribution is 0.103. The molecule has 2 rings (SSSR count). The lowest BCUT2D eigenvalue weighted by Gasteiger charge is -2.05. The smallest absolute Gasteiger partial charge is 0.193 e. The van der Waals surface area contributed by atoms with Gasteiger partial charge in [-0.1, -0.05) is 54.6 Å². The summed E-state index contributed by atoms with van der Waals surface area (Å²) in [7, 11) is 0. The number of benzene rings is 2. The molecule has 2 aromatic carbocycles. The van der Waals surface area contributed by atoms with Gasteiger partial charge in [-0.05, 0) is 25.3 Å². The molecule has 0 radical (unpaired) electrons. The standard InChI is InChI=1S/C17H17ClO/c1-13(18)7-8-14-9-11-16(12-10-14)17(19)15-5-3-2-4-6-15/h2-6,9-13H,7-8H2,1H3. The molecule has 0 aromatic heterocycles. The van der Waals surface area contributed by atoms with Gasteiger partial charge in [0, 0.05) is 16.5 Å². The van der Waals surface area contributed by atoms with Crippen LogP contribution in [0.2, 0.25) is 0 Å². The molecule has 0 bridgehead atoms. The topological polar surface area (TPSA) is 17.1 Å². The van der Waals surface area contributed by atoms with Crippen molar-refractivity contribution in [2.45, 2.75) is 25.1 Å². The number of hydrogen-bond donors (Lipinski definition) is 0. The molecule has 0 saturated heterocycles. The van der Waals surface area contributed by atoms with Crippen molar-refractivity contribution in [3.63, 3.8) is 0 Å². The molecule has 0 heterocycles. The fourth-order valence-electron chi connectivity index (χ4n) is 1.94. The van der Waals surface area contributed by atoms with Crippen molar-refractivity contribution in [1.29, 1.82) is 0 Å². The van der Waals surface area contributed by atoms with Gasteiger partial charge < -0.3 is 0 Å². The van der Waals surface area contributed by atoms with Gasteiger partial charge in [-0.2, -0.15) is 0 Å². The molecule has 0 spiro atoms. The Balaban J connectivity index is 2.08. The first kappa shape index (κ1) is 13.8. The Morgan fingerprint density at radius 3 is 2.16 bits per heavy atom. The molecule has 0 aliphatic heterocycles. The highest BCUT2D eigenvalue weighted by atomic mass is 35.5. The molecular weight excluding hydrogens is 256 g/mol. The predicted octanol–water partition coefficient (Wildman–Crippen LogP) is 4.48. The SMILES string of the molecule is CC(Cl)CCc1ccc(C(=O)c2ccccc2)cc1. The summed E-state index contributed by atoms with van der Waals surface area (Å²) in [4.78, 5) is 12.2. The molecule has 1 unspecified atom stereocenters. The van der Waals surface area contributed by atoms with Gasteiger partial charge in [0.05, 0.1) is 0 Å². The van der Waals surface area contributed by atoms with Crippen LogP contribution in [0.25, 0.3) is 0 Å². The fraction of sp³-hybridized carbons (Fsp3) is 0.235. The second-order valence-electron chi connectivity index (χ2n) is 4.71. The minimum Gasteiger partial charge on any atom is -0.289 e. The first-order valence-corrected chi connectivity index (χ1v) is 6.93. The number of rotatable bonds is 5. The molecule has 0 aliphatic carbocycles. The number of aryl methyl sites for hydroxylation is 1. The quantitative estimate of drug-likeness (QED) is 0.579. The lowest BCUT2D eigenvalue weighted by atomic mass is 10.0. The van der Waals surface area contributed by atoms with E-state index in [0.29, 0.717) is 0 Å². The number of halogens is 1. The molecular formula is C17H17ClO. The monoisotopic (exact) mass is 272 g/mol. The third-order valence-electron chi connectivity index (χ3n) is 3.08. The average Bonchev–Trinajstić information content (AvgIpc) is 2.46. The Bertz CT molecular complexity index is 529. The van der Waals surface area contributed by atoms with Crippen LogP contribution in [0.4, 0.5) is 0 Å². The van der Waals surface area contributed by atoms with E-state index in [9.17, 15) is 4.79 Å². The van der Waals surface area contributed by atoms with Crippen LogP contribution in [0.15, 0.2) is 54.6 Å². The van der Waals surface area contributed by atoms with Gasteiger partial charge in [0.15, 0.2) is 5.78 Å². The van der Waals surface area contributed by atoms with Gasteiger partial charge in [0.25, 0.3) is 0 Å². The van der Waals surface area contributed by atoms with E-state index in [-0.39, 0.29) is 11.2 Å². The summed E-state index contributed by atoms with van der Waals surface area (Å²) in [6.07, 6.45) is 1.90. The molecule has 98 valence electrons. The van der Waals surface area contributed by atoms with Crippen molar-refractivity contribution in [3.05, 3.63) is 71.3 Å². The van der Waals surface area contributed by atoms with E-state index in [4.69, 9.17) is 11.6 Å². The third-order valence-corrected chi connectivity index (χ3v) is 3.30. The van der Waals surface area contributed by atoms with Crippen molar-refractivity contribution in [2.24, 2.45) is 0 Å². The Morgan fingerprint density at radius 2 is 1.58 bits per heavy atom. The highest BCUT2D eigenvalue weighted by Crippen LogP contribution is 2.13. The molecule has 1 atom stereocenters. The second-order valence-corrected chi connectivity index (χ2v) is 5.46. The van der Waals surface area contributed by atoms with Gasteiger partial charge >= 0.3 is 0 Å². The molecule has 0 fully saturated rings. The van der Waals surface area contributed by atoms with Crippen molar-refractivity contribution >= 4 is 17.4 Å². The fourth-order valence-corrected chi connectivity index (χ4v) is 2.05. The summed E-state index contributed by atoms with van der Waals surface area (Å²) >= 11 is 5.94. The number of alkyl halides is 1. The first-order chi connectivity index (χ1) is 9.16. The Labute approximate surface area is 119 Å². The summed E-state index contributed by atoms with van der Waals surface area (Å²) in [5, 5.41) is 0.186. The summed E-state index contributed by atoms with van der Waals surface area (Å²) in [6.45, 7) is 1.99. The maximum atomic E-state index is 12.2. The predicted molar refractivity (Wildman–Crippen MR) is 80.0 cm³/mol. The summed E-state index contributed by atoms with van der Waals surface area (Å²) in [5.74, 6) is 0.0675. The minimum atomic E-state index is 0.0675. The van der Waals surface area contributed by atoms with E-state index < -0.39 is 0 Å². The highest BCUT2D eigenvalue weighted by molar-refractivity contribution is 6.20. The van der Waals surface area contributed by atoms with Gasteiger partial charge in [-0.15, -0.1) is 11.6 Å². The van der Waals surface area contributed by atoms with Crippen molar-refractivity contribution in [1.82, 2.24) is 0 Å². The summed E-state index contributed by atoms with van der Waals surface area (Å²) < 4.78 is 0. The van der Waals surface area contributed by atoms with E-state index in [2.05, 4.69) is 0 Å². The minimum absolute atomic E-state index is 0.0675. The Hall–Kier alpha value is -1.60. The number of ketones is 1. The number of carbonyl (C=O) groups excluding carboxylic acids is 1. The van der Waals surface area contributed by atoms with Gasteiger partial charge in [-0.3, -0.25) is 4.79 Å². The van der Waals surface area contributed by atoms with Crippen molar-refractivity contribution in [3.8, 4) is 0 Å². The van der Waals surface area contributed by atoms with Crippen LogP contribution in [0.5, 0.6) is 0 Å². The third kappa shape index (κ3) is 3.93. The zero-order valence-electron chi connectivity index (χ0n) is 11.0. The molecule has 2 aromatic rings. The van der Waals surface area contributed by atoms with Crippen LogP contribution >= 0.6 is 11.6 Å². The summed E-state index contributed by atoms with van der Waals surface area (Å²) in [6, 6.07) is 17.1. The second kappa shape index (κ2) is 6.53. The Morgan fingerprint density at radius 1 is 1.00 bits per heavy atom. The average molecular weight is 273 g/mol. The number of hydrogen-bond acceptors (Lipinski definition) is 1. The van der Waals surface area contributed by atoms with E-state index in [0.717, 1.165) is 24.0 Å².